The zero-order valence-corrected chi connectivity index (χ0v) is 12.7. The SMILES string of the molecule is CCOc1ccc(NCc2ccccc2CC)cc1Cl. The van der Waals surface area contributed by atoms with Crippen LogP contribution in [0.25, 0.3) is 0 Å². The maximum atomic E-state index is 6.18. The molecule has 0 saturated carbocycles. The van der Waals surface area contributed by atoms with Gasteiger partial charge in [-0.1, -0.05) is 42.8 Å². The number of aryl methyl sites for hydroxylation is 1. The van der Waals surface area contributed by atoms with Crippen LogP contribution in [0.1, 0.15) is 25.0 Å². The van der Waals surface area contributed by atoms with Gasteiger partial charge in [0.25, 0.3) is 0 Å². The number of hydrogen-bond acceptors (Lipinski definition) is 2. The minimum absolute atomic E-state index is 0.621. The maximum Gasteiger partial charge on any atom is 0.138 e. The van der Waals surface area contributed by atoms with Gasteiger partial charge in [0, 0.05) is 12.2 Å². The van der Waals surface area contributed by atoms with Crippen LogP contribution < -0.4 is 10.1 Å². The predicted molar refractivity (Wildman–Crippen MR) is 85.8 cm³/mol. The van der Waals surface area contributed by atoms with Crippen molar-refractivity contribution in [2.24, 2.45) is 0 Å². The quantitative estimate of drug-likeness (QED) is 0.815. The third-order valence-electron chi connectivity index (χ3n) is 3.21. The van der Waals surface area contributed by atoms with Gasteiger partial charge in [0.05, 0.1) is 11.6 Å². The Morgan fingerprint density at radius 2 is 1.80 bits per heavy atom. The van der Waals surface area contributed by atoms with Crippen LogP contribution in [-0.4, -0.2) is 6.61 Å². The molecular weight excluding hydrogens is 270 g/mol. The number of halogens is 1. The molecule has 2 nitrogen and oxygen atoms in total. The van der Waals surface area contributed by atoms with Crippen molar-refractivity contribution in [2.45, 2.75) is 26.8 Å². The second kappa shape index (κ2) is 7.20. The maximum absolute atomic E-state index is 6.18. The molecule has 2 aromatic carbocycles. The first-order chi connectivity index (χ1) is 9.74. The van der Waals surface area contributed by atoms with Crippen molar-refractivity contribution >= 4 is 17.3 Å². The van der Waals surface area contributed by atoms with Crippen molar-refractivity contribution in [3.63, 3.8) is 0 Å². The molecule has 0 bridgehead atoms. The van der Waals surface area contributed by atoms with Gasteiger partial charge in [0.15, 0.2) is 0 Å². The van der Waals surface area contributed by atoms with Crippen LogP contribution in [-0.2, 0) is 13.0 Å². The summed E-state index contributed by atoms with van der Waals surface area (Å²) < 4.78 is 5.43. The Morgan fingerprint density at radius 3 is 2.45 bits per heavy atom. The van der Waals surface area contributed by atoms with E-state index in [0.717, 1.165) is 24.4 Å². The molecule has 0 radical (unpaired) electrons. The molecule has 20 heavy (non-hydrogen) atoms. The number of rotatable bonds is 6. The lowest BCUT2D eigenvalue weighted by Gasteiger charge is -2.12. The van der Waals surface area contributed by atoms with Crippen molar-refractivity contribution in [3.8, 4) is 5.75 Å². The van der Waals surface area contributed by atoms with E-state index in [1.165, 1.54) is 11.1 Å². The summed E-state index contributed by atoms with van der Waals surface area (Å²) in [6, 6.07) is 14.3. The van der Waals surface area contributed by atoms with Crippen LogP contribution in [0.4, 0.5) is 5.69 Å². The topological polar surface area (TPSA) is 21.3 Å². The van der Waals surface area contributed by atoms with Gasteiger partial charge in [0.2, 0.25) is 0 Å². The van der Waals surface area contributed by atoms with Crippen LogP contribution >= 0.6 is 11.6 Å². The van der Waals surface area contributed by atoms with E-state index >= 15 is 0 Å². The molecule has 106 valence electrons. The highest BCUT2D eigenvalue weighted by Crippen LogP contribution is 2.28. The van der Waals surface area contributed by atoms with Gasteiger partial charge in [0.1, 0.15) is 5.75 Å². The standard InChI is InChI=1S/C17H20ClNO/c1-3-13-7-5-6-8-14(13)12-19-15-9-10-17(20-4-2)16(18)11-15/h5-11,19H,3-4,12H2,1-2H3. The third-order valence-corrected chi connectivity index (χ3v) is 3.51. The Balaban J connectivity index is 2.05. The average Bonchev–Trinajstić information content (AvgIpc) is 2.48. The van der Waals surface area contributed by atoms with E-state index in [-0.39, 0.29) is 0 Å². The van der Waals surface area contributed by atoms with Crippen molar-refractivity contribution < 1.29 is 4.74 Å². The zero-order valence-electron chi connectivity index (χ0n) is 11.9. The molecular formula is C17H20ClNO. The summed E-state index contributed by atoms with van der Waals surface area (Å²) in [5.41, 5.74) is 3.70. The number of nitrogens with one attached hydrogen (secondary N) is 1. The van der Waals surface area contributed by atoms with E-state index in [2.05, 4.69) is 36.5 Å². The second-order valence-electron chi connectivity index (χ2n) is 4.55. The average molecular weight is 290 g/mol. The Labute approximate surface area is 125 Å². The summed E-state index contributed by atoms with van der Waals surface area (Å²) in [7, 11) is 0. The molecule has 0 fully saturated rings. The molecule has 0 spiro atoms. The lowest BCUT2D eigenvalue weighted by molar-refractivity contribution is 0.340. The van der Waals surface area contributed by atoms with Gasteiger partial charge < -0.3 is 10.1 Å². The van der Waals surface area contributed by atoms with Gasteiger partial charge >= 0.3 is 0 Å². The predicted octanol–water partition coefficient (Wildman–Crippen LogP) is 4.91. The summed E-state index contributed by atoms with van der Waals surface area (Å²) in [5.74, 6) is 0.730. The van der Waals surface area contributed by atoms with E-state index in [0.29, 0.717) is 11.6 Å². The fourth-order valence-corrected chi connectivity index (χ4v) is 2.39. The van der Waals surface area contributed by atoms with Crippen LogP contribution in [0, 0.1) is 0 Å². The molecule has 0 aromatic heterocycles. The molecule has 2 aromatic rings. The van der Waals surface area contributed by atoms with Gasteiger partial charge in [-0.25, -0.2) is 0 Å². The van der Waals surface area contributed by atoms with Gasteiger partial charge in [-0.3, -0.25) is 0 Å². The van der Waals surface area contributed by atoms with Crippen molar-refractivity contribution in [1.29, 1.82) is 0 Å². The van der Waals surface area contributed by atoms with E-state index in [9.17, 15) is 0 Å². The first-order valence-electron chi connectivity index (χ1n) is 6.97. The van der Waals surface area contributed by atoms with E-state index in [1.54, 1.807) is 0 Å². The molecule has 0 aliphatic carbocycles. The number of anilines is 1. The monoisotopic (exact) mass is 289 g/mol. The van der Waals surface area contributed by atoms with E-state index in [4.69, 9.17) is 16.3 Å². The van der Waals surface area contributed by atoms with Crippen LogP contribution in [0.2, 0.25) is 5.02 Å². The van der Waals surface area contributed by atoms with Gasteiger partial charge in [-0.05, 0) is 42.7 Å². The third kappa shape index (κ3) is 3.67. The van der Waals surface area contributed by atoms with E-state index < -0.39 is 0 Å². The Kier molecular flexibility index (Phi) is 5.31. The summed E-state index contributed by atoms with van der Waals surface area (Å²) in [6.07, 6.45) is 1.04. The normalized spacial score (nSPS) is 10.3. The summed E-state index contributed by atoms with van der Waals surface area (Å²) >= 11 is 6.18. The fourth-order valence-electron chi connectivity index (χ4n) is 2.16. The molecule has 0 saturated heterocycles. The number of hydrogen-bond donors (Lipinski definition) is 1. The molecule has 0 aliphatic rings. The first-order valence-corrected chi connectivity index (χ1v) is 7.35. The Morgan fingerprint density at radius 1 is 1.05 bits per heavy atom. The van der Waals surface area contributed by atoms with Crippen LogP contribution in [0.15, 0.2) is 42.5 Å². The van der Waals surface area contributed by atoms with Crippen LogP contribution in [0.3, 0.4) is 0 Å². The molecule has 0 heterocycles. The summed E-state index contributed by atoms with van der Waals surface area (Å²) in [5, 5.41) is 4.05. The molecule has 1 N–H and O–H groups in total. The highest BCUT2D eigenvalue weighted by Gasteiger charge is 2.03. The smallest absolute Gasteiger partial charge is 0.138 e. The fraction of sp³-hybridized carbons (Fsp3) is 0.294. The minimum atomic E-state index is 0.621. The minimum Gasteiger partial charge on any atom is -0.492 e. The van der Waals surface area contributed by atoms with Crippen molar-refractivity contribution in [3.05, 3.63) is 58.6 Å². The lowest BCUT2D eigenvalue weighted by Crippen LogP contribution is -2.02. The molecule has 3 heteroatoms. The van der Waals surface area contributed by atoms with E-state index in [1.807, 2.05) is 25.1 Å². The summed E-state index contributed by atoms with van der Waals surface area (Å²) in [4.78, 5) is 0. The van der Waals surface area contributed by atoms with Gasteiger partial charge in [-0.15, -0.1) is 0 Å². The number of benzene rings is 2. The van der Waals surface area contributed by atoms with Gasteiger partial charge in [-0.2, -0.15) is 0 Å². The van der Waals surface area contributed by atoms with Crippen molar-refractivity contribution in [1.82, 2.24) is 0 Å². The molecule has 0 amide bonds. The Bertz CT molecular complexity index is 569. The highest BCUT2D eigenvalue weighted by molar-refractivity contribution is 6.32. The first kappa shape index (κ1) is 14.7. The zero-order chi connectivity index (χ0) is 14.4. The second-order valence-corrected chi connectivity index (χ2v) is 4.96. The molecule has 2 rings (SSSR count). The molecule has 0 atom stereocenters. The Hall–Kier alpha value is -1.67. The summed E-state index contributed by atoms with van der Waals surface area (Å²) in [6.45, 7) is 5.54. The van der Waals surface area contributed by atoms with Crippen molar-refractivity contribution in [2.75, 3.05) is 11.9 Å². The largest absolute Gasteiger partial charge is 0.492 e. The lowest BCUT2D eigenvalue weighted by atomic mass is 10.1. The molecule has 0 unspecified atom stereocenters. The molecule has 0 aliphatic heterocycles. The number of ether oxygens (including phenoxy) is 1. The highest BCUT2D eigenvalue weighted by atomic mass is 35.5. The van der Waals surface area contributed by atoms with Crippen LogP contribution in [0.5, 0.6) is 5.75 Å².